The number of ether oxygens (including phenoxy) is 1. The Morgan fingerprint density at radius 2 is 2.21 bits per heavy atom. The molecule has 0 amide bonds. The van der Waals surface area contributed by atoms with Crippen molar-refractivity contribution in [1.82, 2.24) is 5.32 Å². The summed E-state index contributed by atoms with van der Waals surface area (Å²) < 4.78 is 19.5. The molecule has 3 heteroatoms. The zero-order valence-corrected chi connectivity index (χ0v) is 11.7. The molecule has 0 radical (unpaired) electrons. The van der Waals surface area contributed by atoms with Crippen LogP contribution in [0.15, 0.2) is 24.3 Å². The van der Waals surface area contributed by atoms with E-state index in [9.17, 15) is 4.39 Å². The molecule has 1 aromatic rings. The third-order valence-electron chi connectivity index (χ3n) is 3.82. The van der Waals surface area contributed by atoms with Crippen LogP contribution in [-0.2, 0) is 4.74 Å². The molecule has 0 spiro atoms. The fourth-order valence-electron chi connectivity index (χ4n) is 2.69. The van der Waals surface area contributed by atoms with E-state index in [1.54, 1.807) is 6.07 Å². The molecular formula is C16H24FNO. The summed E-state index contributed by atoms with van der Waals surface area (Å²) in [6.45, 7) is 3.87. The fourth-order valence-corrected chi connectivity index (χ4v) is 2.69. The van der Waals surface area contributed by atoms with Crippen LogP contribution < -0.4 is 5.32 Å². The van der Waals surface area contributed by atoms with E-state index in [1.165, 1.54) is 18.9 Å². The minimum Gasteiger partial charge on any atom is -0.378 e. The molecular weight excluding hydrogens is 241 g/mol. The van der Waals surface area contributed by atoms with Gasteiger partial charge in [0.1, 0.15) is 5.82 Å². The van der Waals surface area contributed by atoms with Gasteiger partial charge in [0, 0.05) is 18.2 Å². The van der Waals surface area contributed by atoms with E-state index in [2.05, 4.69) is 12.2 Å². The van der Waals surface area contributed by atoms with Gasteiger partial charge in [-0.25, -0.2) is 4.39 Å². The van der Waals surface area contributed by atoms with Crippen molar-refractivity contribution in [3.63, 3.8) is 0 Å². The molecule has 1 fully saturated rings. The van der Waals surface area contributed by atoms with Gasteiger partial charge in [0.15, 0.2) is 0 Å². The maximum Gasteiger partial charge on any atom is 0.127 e. The lowest BCUT2D eigenvalue weighted by Gasteiger charge is -2.24. The van der Waals surface area contributed by atoms with Crippen LogP contribution in [0.3, 0.4) is 0 Å². The van der Waals surface area contributed by atoms with E-state index in [0.717, 1.165) is 38.0 Å². The molecule has 1 heterocycles. The maximum atomic E-state index is 13.7. The predicted octanol–water partition coefficient (Wildman–Crippen LogP) is 3.83. The topological polar surface area (TPSA) is 21.3 Å². The molecule has 19 heavy (non-hydrogen) atoms. The average Bonchev–Trinajstić information content (AvgIpc) is 2.46. The fraction of sp³-hybridized carbons (Fsp3) is 0.625. The van der Waals surface area contributed by atoms with Gasteiger partial charge in [-0.3, -0.25) is 0 Å². The zero-order chi connectivity index (χ0) is 13.5. The van der Waals surface area contributed by atoms with Crippen LogP contribution in [0.4, 0.5) is 4.39 Å². The van der Waals surface area contributed by atoms with Gasteiger partial charge in [-0.1, -0.05) is 25.1 Å². The maximum absolute atomic E-state index is 13.7. The highest BCUT2D eigenvalue weighted by molar-refractivity contribution is 5.21. The van der Waals surface area contributed by atoms with Crippen molar-refractivity contribution < 1.29 is 9.13 Å². The molecule has 1 aliphatic rings. The number of nitrogens with one attached hydrogen (secondary N) is 1. The molecule has 0 bridgehead atoms. The first kappa shape index (κ1) is 14.5. The van der Waals surface area contributed by atoms with Crippen molar-refractivity contribution in [2.75, 3.05) is 13.2 Å². The second kappa shape index (κ2) is 7.61. The first-order valence-electron chi connectivity index (χ1n) is 7.40. The summed E-state index contributed by atoms with van der Waals surface area (Å²) >= 11 is 0. The summed E-state index contributed by atoms with van der Waals surface area (Å²) in [7, 11) is 0. The summed E-state index contributed by atoms with van der Waals surface area (Å²) in [5, 5.41) is 3.45. The van der Waals surface area contributed by atoms with Crippen LogP contribution in [-0.4, -0.2) is 19.3 Å². The van der Waals surface area contributed by atoms with Crippen molar-refractivity contribution in [3.05, 3.63) is 35.6 Å². The molecule has 0 aromatic heterocycles. The van der Waals surface area contributed by atoms with Gasteiger partial charge in [-0.05, 0) is 44.7 Å². The first-order valence-corrected chi connectivity index (χ1v) is 7.40. The predicted molar refractivity (Wildman–Crippen MR) is 75.6 cm³/mol. The molecule has 106 valence electrons. The Bertz CT molecular complexity index is 377. The van der Waals surface area contributed by atoms with Crippen LogP contribution in [0.1, 0.15) is 50.6 Å². The summed E-state index contributed by atoms with van der Waals surface area (Å²) in [5.41, 5.74) is 0.773. The smallest absolute Gasteiger partial charge is 0.127 e. The van der Waals surface area contributed by atoms with Crippen molar-refractivity contribution in [2.24, 2.45) is 0 Å². The largest absolute Gasteiger partial charge is 0.378 e. The molecule has 1 aromatic carbocycles. The Balaban J connectivity index is 1.81. The Kier molecular flexibility index (Phi) is 5.80. The highest BCUT2D eigenvalue weighted by Crippen LogP contribution is 2.20. The summed E-state index contributed by atoms with van der Waals surface area (Å²) in [6.07, 6.45) is 5.93. The number of rotatable bonds is 6. The zero-order valence-electron chi connectivity index (χ0n) is 11.7. The molecule has 0 saturated carbocycles. The lowest BCUT2D eigenvalue weighted by atomic mass is 10.0. The molecule has 1 saturated heterocycles. The van der Waals surface area contributed by atoms with Crippen molar-refractivity contribution >= 4 is 0 Å². The van der Waals surface area contributed by atoms with Crippen LogP contribution in [0.5, 0.6) is 0 Å². The second-order valence-electron chi connectivity index (χ2n) is 5.21. The van der Waals surface area contributed by atoms with E-state index in [-0.39, 0.29) is 11.9 Å². The van der Waals surface area contributed by atoms with Crippen molar-refractivity contribution in [3.8, 4) is 0 Å². The highest BCUT2D eigenvalue weighted by atomic mass is 19.1. The van der Waals surface area contributed by atoms with Crippen LogP contribution >= 0.6 is 0 Å². The summed E-state index contributed by atoms with van der Waals surface area (Å²) in [4.78, 5) is 0. The van der Waals surface area contributed by atoms with Crippen LogP contribution in [0.2, 0.25) is 0 Å². The minimum absolute atomic E-state index is 0.102. The van der Waals surface area contributed by atoms with Crippen LogP contribution in [0, 0.1) is 5.82 Å². The van der Waals surface area contributed by atoms with Gasteiger partial charge in [-0.15, -0.1) is 0 Å². The quantitative estimate of drug-likeness (QED) is 0.844. The second-order valence-corrected chi connectivity index (χ2v) is 5.21. The third kappa shape index (κ3) is 4.29. The standard InChI is InChI=1S/C16H24FNO/c1-2-16(14-8-3-4-9-15(14)17)18-11-10-13-7-5-6-12-19-13/h3-4,8-9,13,16,18H,2,5-7,10-12H2,1H3. The molecule has 2 unspecified atom stereocenters. The Hall–Kier alpha value is -0.930. The average molecular weight is 265 g/mol. The highest BCUT2D eigenvalue weighted by Gasteiger charge is 2.16. The van der Waals surface area contributed by atoms with E-state index in [0.29, 0.717) is 6.10 Å². The van der Waals surface area contributed by atoms with Gasteiger partial charge < -0.3 is 10.1 Å². The van der Waals surface area contributed by atoms with Crippen molar-refractivity contribution in [2.45, 2.75) is 51.2 Å². The third-order valence-corrected chi connectivity index (χ3v) is 3.82. The molecule has 0 aliphatic carbocycles. The SMILES string of the molecule is CCC(NCCC1CCCCO1)c1ccccc1F. The lowest BCUT2D eigenvalue weighted by molar-refractivity contribution is 0.0111. The number of hydrogen-bond donors (Lipinski definition) is 1. The number of hydrogen-bond acceptors (Lipinski definition) is 2. The molecule has 2 atom stereocenters. The number of benzene rings is 1. The monoisotopic (exact) mass is 265 g/mol. The van der Waals surface area contributed by atoms with Crippen LogP contribution in [0.25, 0.3) is 0 Å². The van der Waals surface area contributed by atoms with Gasteiger partial charge in [-0.2, -0.15) is 0 Å². The van der Waals surface area contributed by atoms with E-state index in [4.69, 9.17) is 4.74 Å². The molecule has 1 aliphatic heterocycles. The van der Waals surface area contributed by atoms with E-state index < -0.39 is 0 Å². The Morgan fingerprint density at radius 1 is 1.37 bits per heavy atom. The normalized spacial score (nSPS) is 21.3. The van der Waals surface area contributed by atoms with Gasteiger partial charge in [0.25, 0.3) is 0 Å². The van der Waals surface area contributed by atoms with Gasteiger partial charge in [0.05, 0.1) is 6.10 Å². The van der Waals surface area contributed by atoms with Gasteiger partial charge in [0.2, 0.25) is 0 Å². The Labute approximate surface area is 115 Å². The lowest BCUT2D eigenvalue weighted by Crippen LogP contribution is -2.28. The molecule has 2 rings (SSSR count). The van der Waals surface area contributed by atoms with Crippen molar-refractivity contribution in [1.29, 1.82) is 0 Å². The van der Waals surface area contributed by atoms with Gasteiger partial charge >= 0.3 is 0 Å². The minimum atomic E-state index is -0.115. The molecule has 2 nitrogen and oxygen atoms in total. The summed E-state index contributed by atoms with van der Waals surface area (Å²) in [6, 6.07) is 7.14. The first-order chi connectivity index (χ1) is 9.31. The Morgan fingerprint density at radius 3 is 2.89 bits per heavy atom. The molecule has 1 N–H and O–H groups in total. The summed E-state index contributed by atoms with van der Waals surface area (Å²) in [5.74, 6) is -0.115. The van der Waals surface area contributed by atoms with E-state index >= 15 is 0 Å². The number of halogens is 1. The van der Waals surface area contributed by atoms with E-state index in [1.807, 2.05) is 12.1 Å².